The lowest BCUT2D eigenvalue weighted by Crippen LogP contribution is -1.95. The largest absolute Gasteiger partial charge is 0.436 e. The Morgan fingerprint density at radius 1 is 0.200 bits per heavy atom. The molecule has 31 rings (SSSR count). The normalized spacial score (nSPS) is 12.1. The number of furan rings is 3. The molecule has 0 N–H and O–H groups in total. The molecule has 12 heterocycles. The van der Waals surface area contributed by atoms with Gasteiger partial charge in [-0.05, 0) is 159 Å². The smallest absolute Gasteiger partial charge is 0.246 e. The minimum atomic E-state index is 0.554. The van der Waals surface area contributed by atoms with E-state index in [1.807, 2.05) is 64.6 Å². The summed E-state index contributed by atoms with van der Waals surface area (Å²) in [5.74, 6) is 0. The molecule has 0 atom stereocenters. The molecule has 0 spiro atoms. The first-order chi connectivity index (χ1) is 66.9. The maximum atomic E-state index is 6.12. The second-order valence-corrected chi connectivity index (χ2v) is 37.8. The fourth-order valence-corrected chi connectivity index (χ4v) is 24.9. The van der Waals surface area contributed by atoms with Crippen LogP contribution in [-0.2, 0) is 0 Å². The van der Waals surface area contributed by atoms with Gasteiger partial charge in [-0.15, -0.1) is 34.0 Å². The molecule has 12 aromatic heterocycles. The molecule has 0 saturated heterocycles. The van der Waals surface area contributed by atoms with E-state index in [-0.39, 0.29) is 0 Å². The summed E-state index contributed by atoms with van der Waals surface area (Å²) in [5, 5.41) is 25.5. The lowest BCUT2D eigenvalue weighted by atomic mass is 10.0. The third kappa shape index (κ3) is 11.7. The molecule has 0 unspecified atom stereocenters. The molecule has 31 aromatic rings. The quantitative estimate of drug-likeness (QED) is 0.153. The maximum Gasteiger partial charge on any atom is 0.246 e. The number of rotatable bonds is 7. The van der Waals surface area contributed by atoms with E-state index in [0.29, 0.717) is 17.1 Å². The van der Waals surface area contributed by atoms with E-state index in [1.54, 1.807) is 6.20 Å². The molecule has 135 heavy (non-hydrogen) atoms. The molecule has 0 saturated carbocycles. The van der Waals surface area contributed by atoms with Gasteiger partial charge in [0.15, 0.2) is 0 Å². The van der Waals surface area contributed by atoms with Crippen LogP contribution in [0.1, 0.15) is 0 Å². The van der Waals surface area contributed by atoms with Gasteiger partial charge in [-0.2, -0.15) is 0 Å². The highest BCUT2D eigenvalue weighted by atomic mass is 32.1. The minimum Gasteiger partial charge on any atom is -0.436 e. The van der Waals surface area contributed by atoms with Gasteiger partial charge in [0.1, 0.15) is 33.3 Å². The van der Waals surface area contributed by atoms with Crippen LogP contribution in [0, 0.1) is 0 Å². The highest BCUT2D eigenvalue weighted by Gasteiger charge is 2.26. The second-order valence-electron chi connectivity index (χ2n) is 34.6. The molecule has 0 bridgehead atoms. The van der Waals surface area contributed by atoms with Crippen molar-refractivity contribution in [3.8, 4) is 62.0 Å². The molecule has 0 amide bonds. The Balaban J connectivity index is 0.0000000987. The van der Waals surface area contributed by atoms with Gasteiger partial charge in [-0.25, -0.2) is 29.9 Å². The van der Waals surface area contributed by atoms with E-state index < -0.39 is 0 Å². The molecular weight excluding hydrogens is 1710 g/mol. The second kappa shape index (κ2) is 29.6. The summed E-state index contributed by atoms with van der Waals surface area (Å²) < 4.78 is 33.4. The zero-order valence-corrected chi connectivity index (χ0v) is 74.1. The monoisotopic (exact) mass is 1780 g/mol. The van der Waals surface area contributed by atoms with Crippen LogP contribution < -0.4 is 0 Å². The van der Waals surface area contributed by atoms with E-state index in [0.717, 1.165) is 144 Å². The summed E-state index contributed by atoms with van der Waals surface area (Å²) in [5.41, 5.74) is 24.8. The summed E-state index contributed by atoms with van der Waals surface area (Å²) in [6.07, 6.45) is 5.44. The van der Waals surface area contributed by atoms with Crippen LogP contribution >= 0.6 is 34.0 Å². The number of nitrogens with zero attached hydrogens (tertiary/aromatic N) is 9. The summed E-state index contributed by atoms with van der Waals surface area (Å²) in [4.78, 5) is 29.4. The topological polar surface area (TPSA) is 132 Å². The molecular formula is C120H67N9O3S3. The van der Waals surface area contributed by atoms with Gasteiger partial charge in [0.25, 0.3) is 0 Å². The predicted molar refractivity (Wildman–Crippen MR) is 564 cm³/mol. The maximum absolute atomic E-state index is 6.12. The van der Waals surface area contributed by atoms with Crippen molar-refractivity contribution in [2.24, 2.45) is 0 Å². The van der Waals surface area contributed by atoms with Crippen molar-refractivity contribution in [2.75, 3.05) is 0 Å². The van der Waals surface area contributed by atoms with Crippen LogP contribution in [0.4, 0.5) is 0 Å². The number of fused-ring (bicyclic) bond motifs is 36. The number of hydrogen-bond donors (Lipinski definition) is 0. The third-order valence-corrected chi connectivity index (χ3v) is 30.8. The van der Waals surface area contributed by atoms with Gasteiger partial charge in [0, 0.05) is 127 Å². The van der Waals surface area contributed by atoms with E-state index in [1.165, 1.54) is 126 Å². The van der Waals surface area contributed by atoms with Crippen LogP contribution in [0.25, 0.3) is 287 Å². The lowest BCUT2D eigenvalue weighted by Gasteiger charge is -2.11. The molecule has 0 radical (unpaired) electrons. The molecule has 628 valence electrons. The molecule has 0 aliphatic carbocycles. The number of para-hydroxylation sites is 3. The Morgan fingerprint density at radius 3 is 0.911 bits per heavy atom. The lowest BCUT2D eigenvalue weighted by molar-refractivity contribution is 0.653. The summed E-state index contributed by atoms with van der Waals surface area (Å²) in [6, 6.07) is 138. The molecule has 0 fully saturated rings. The van der Waals surface area contributed by atoms with Crippen molar-refractivity contribution in [3.63, 3.8) is 0 Å². The highest BCUT2D eigenvalue weighted by molar-refractivity contribution is 7.27. The van der Waals surface area contributed by atoms with Gasteiger partial charge in [-0.3, -0.25) is 0 Å². The van der Waals surface area contributed by atoms with Crippen molar-refractivity contribution in [3.05, 3.63) is 407 Å². The van der Waals surface area contributed by atoms with E-state index >= 15 is 0 Å². The summed E-state index contributed by atoms with van der Waals surface area (Å²) in [6.45, 7) is 0. The number of benzene rings is 19. The van der Waals surface area contributed by atoms with Crippen LogP contribution in [0.2, 0.25) is 0 Å². The zero-order valence-electron chi connectivity index (χ0n) is 71.7. The van der Waals surface area contributed by atoms with Crippen LogP contribution in [-0.4, -0.2) is 43.6 Å². The van der Waals surface area contributed by atoms with Crippen LogP contribution in [0.15, 0.2) is 420 Å². The number of aromatic nitrogens is 9. The summed E-state index contributed by atoms with van der Waals surface area (Å²) >= 11 is 5.64. The molecule has 0 aliphatic heterocycles. The van der Waals surface area contributed by atoms with Crippen molar-refractivity contribution in [2.45, 2.75) is 0 Å². The molecule has 19 aromatic carbocycles. The van der Waals surface area contributed by atoms with Gasteiger partial charge in [0.05, 0.1) is 84.9 Å². The van der Waals surface area contributed by atoms with Crippen LogP contribution in [0.5, 0.6) is 0 Å². The van der Waals surface area contributed by atoms with Crippen molar-refractivity contribution < 1.29 is 13.3 Å². The average molecular weight is 1780 g/mol. The van der Waals surface area contributed by atoms with E-state index in [4.69, 9.17) is 38.2 Å². The first kappa shape index (κ1) is 75.5. The first-order valence-corrected chi connectivity index (χ1v) is 47.5. The Bertz CT molecular complexity index is 10500. The van der Waals surface area contributed by atoms with Gasteiger partial charge < -0.3 is 27.0 Å². The van der Waals surface area contributed by atoms with E-state index in [9.17, 15) is 0 Å². The van der Waals surface area contributed by atoms with E-state index in [2.05, 4.69) is 389 Å². The number of thiophene rings is 3. The molecule has 12 nitrogen and oxygen atoms in total. The fraction of sp³-hybridized carbons (Fsp3) is 0. The van der Waals surface area contributed by atoms with Crippen LogP contribution in [0.3, 0.4) is 0 Å². The summed E-state index contributed by atoms with van der Waals surface area (Å²) in [7, 11) is 0. The zero-order chi connectivity index (χ0) is 88.2. The first-order valence-electron chi connectivity index (χ1n) is 45.1. The Morgan fingerprint density at radius 2 is 0.511 bits per heavy atom. The molecule has 15 heteroatoms. The number of hydrogen-bond acceptors (Lipinski definition) is 12. The fourth-order valence-electron chi connectivity index (χ4n) is 21.1. The van der Waals surface area contributed by atoms with Gasteiger partial charge in [0.2, 0.25) is 17.1 Å². The standard InChI is InChI=1S/C44H25N3OS.2C38H21N3OS/c1-2-14-31-26(9-1)19-22-38-41(31)42-44(48-38)45-25-35(46-42)29-12-7-10-27(23-29)28-11-8-13-30(24-28)47-36-17-5-3-16-34(36)40-37(47)21-20-33-32-15-4-6-18-39(32)49-43(33)40;1-2-11-25-22(8-1)16-19-32-35(25)36-38(42-32)39-21-29(40-36)23-9-7-10-24(20-23)41-30-14-5-3-13-28(30)34-31(41)18-17-27-26-12-4-6-15-33(26)43-37(27)34;1-2-8-25-22(7-1)15-20-32-35(25)36-38(42-32)39-21-29(40-36)23-13-16-24(17-14-23)41-30-11-5-3-10-28(30)34-31(41)19-18-27-26-9-4-6-12-33(26)43-37(27)34/h1-25H;2*1-21H. The average Bonchev–Trinajstić information content (AvgIpc) is 1.56. The highest BCUT2D eigenvalue weighted by Crippen LogP contribution is 2.50. The third-order valence-electron chi connectivity index (χ3n) is 27.2. The van der Waals surface area contributed by atoms with Gasteiger partial charge >= 0.3 is 0 Å². The van der Waals surface area contributed by atoms with Crippen molar-refractivity contribution in [1.29, 1.82) is 0 Å². The minimum absolute atomic E-state index is 0.554. The Labute approximate surface area is 778 Å². The predicted octanol–water partition coefficient (Wildman–Crippen LogP) is 33.7. The molecule has 0 aliphatic rings. The Hall–Kier alpha value is -17.3. The van der Waals surface area contributed by atoms with Crippen molar-refractivity contribution in [1.82, 2.24) is 43.6 Å². The van der Waals surface area contributed by atoms with Crippen molar-refractivity contribution >= 4 is 259 Å². The Kier molecular flexibility index (Phi) is 16.5. The van der Waals surface area contributed by atoms with Gasteiger partial charge in [-0.1, -0.05) is 273 Å². The SMILES string of the molecule is c1cc(-c2cccc(-n3c4ccccc4c4c5sc6ccccc6c5ccc43)c2)cc(-c2cnc3oc4ccc5ccccc5c4c3n2)c1.c1cc(-c2cnc3oc4ccc5ccccc5c4c3n2)cc(-n2c3ccccc3c3c4sc5ccccc5c4ccc32)c1.c1ccc2c(c1)ccc1oc3ncc(-c4ccc(-n5c6ccccc6c6c7sc8ccccc8c7ccc65)cc4)nc3c12.